The molecule has 2 N–H and O–H groups in total. The van der Waals surface area contributed by atoms with Gasteiger partial charge in [-0.2, -0.15) is 0 Å². The van der Waals surface area contributed by atoms with Gasteiger partial charge in [-0.3, -0.25) is 9.59 Å². The molecule has 5 heterocycles. The molecular weight excluding hydrogens is 809 g/mol. The van der Waals surface area contributed by atoms with Gasteiger partial charge >= 0.3 is 11.9 Å². The van der Waals surface area contributed by atoms with Gasteiger partial charge in [0.15, 0.2) is 0 Å². The number of fused-ring (bicyclic) bond motifs is 5. The van der Waals surface area contributed by atoms with Gasteiger partial charge in [0, 0.05) is 46.4 Å². The van der Waals surface area contributed by atoms with E-state index in [0.717, 1.165) is 99.1 Å². The van der Waals surface area contributed by atoms with Crippen molar-refractivity contribution in [3.63, 3.8) is 0 Å². The number of aliphatic hydroxyl groups excluding tert-OH is 1. The number of nitrogens with one attached hydrogen (secondary N) is 1. The van der Waals surface area contributed by atoms with E-state index < -0.39 is 11.9 Å². The van der Waals surface area contributed by atoms with Gasteiger partial charge in [-0.1, -0.05) is 105 Å². The van der Waals surface area contributed by atoms with Crippen molar-refractivity contribution in [2.75, 3.05) is 13.2 Å². The van der Waals surface area contributed by atoms with Crippen LogP contribution in [0.2, 0.25) is 0 Å². The maximum Gasteiger partial charge on any atom is 0.321 e. The van der Waals surface area contributed by atoms with Crippen molar-refractivity contribution in [2.24, 2.45) is 50.5 Å². The lowest BCUT2D eigenvalue weighted by Gasteiger charge is -2.20. The first-order valence-corrected chi connectivity index (χ1v) is 24.7. The second kappa shape index (κ2) is 22.0. The molecule has 9 nitrogen and oxygen atoms in total. The first-order chi connectivity index (χ1) is 31.1. The molecule has 0 saturated carbocycles. The summed E-state index contributed by atoms with van der Waals surface area (Å²) < 4.78 is 11.4. The summed E-state index contributed by atoms with van der Waals surface area (Å²) >= 11 is 0. The molecule has 1 aliphatic carbocycles. The van der Waals surface area contributed by atoms with Crippen LogP contribution in [0.1, 0.15) is 153 Å². The maximum absolute atomic E-state index is 13.9. The summed E-state index contributed by atoms with van der Waals surface area (Å²) in [5, 5.41) is 15.7. The molecule has 0 unspecified atom stereocenters. The Hall–Kier alpha value is -5.05. The topological polar surface area (TPSA) is 122 Å². The SMILES string of the molecule is C=CC1=C(C)C2=NC1=CC1=NC(=CC3=C(C)C4=C(O)[C@H](C(=O)OCC)C(=C5NC(=C2)[C@@H](C)[C@@H]5CCC(=O)OC/C=C(\C)CCC[C@H](C)CCC[C@H](C)CCCC(C)C)C4=N3)C(CC)=C1C. The van der Waals surface area contributed by atoms with Crippen molar-refractivity contribution < 1.29 is 24.2 Å². The monoisotopic (exact) mass is 885 g/mol. The molecule has 5 aliphatic heterocycles. The Morgan fingerprint density at radius 1 is 0.846 bits per heavy atom. The largest absolute Gasteiger partial charge is 0.510 e. The molecule has 6 rings (SSSR count). The van der Waals surface area contributed by atoms with Gasteiger partial charge in [0.05, 0.1) is 40.8 Å². The van der Waals surface area contributed by atoms with Crippen molar-refractivity contribution in [3.05, 3.63) is 116 Å². The van der Waals surface area contributed by atoms with Crippen LogP contribution in [0.4, 0.5) is 0 Å². The van der Waals surface area contributed by atoms with Crippen molar-refractivity contribution in [1.82, 2.24) is 5.32 Å². The summed E-state index contributed by atoms with van der Waals surface area (Å²) in [5.41, 5.74) is 13.4. The molecular formula is C56H76N4O5. The molecule has 0 amide bonds. The fraction of sp³-hybridized carbons (Fsp3) is 0.554. The number of rotatable bonds is 21. The summed E-state index contributed by atoms with van der Waals surface area (Å²) in [7, 11) is 0. The molecule has 9 heteroatoms. The van der Waals surface area contributed by atoms with Crippen LogP contribution in [-0.4, -0.2) is 47.4 Å². The molecule has 0 aromatic heterocycles. The van der Waals surface area contributed by atoms with Crippen molar-refractivity contribution in [2.45, 2.75) is 153 Å². The molecule has 6 aliphatic rings. The first kappa shape index (κ1) is 49.4. The molecule has 1 saturated heterocycles. The van der Waals surface area contributed by atoms with E-state index in [4.69, 9.17) is 24.5 Å². The fourth-order valence-corrected chi connectivity index (χ4v) is 10.3. The van der Waals surface area contributed by atoms with Crippen molar-refractivity contribution in [1.29, 1.82) is 0 Å². The van der Waals surface area contributed by atoms with Crippen LogP contribution < -0.4 is 5.32 Å². The van der Waals surface area contributed by atoms with E-state index in [0.29, 0.717) is 29.0 Å². The zero-order chi connectivity index (χ0) is 47.1. The van der Waals surface area contributed by atoms with E-state index in [-0.39, 0.29) is 43.2 Å². The second-order valence-corrected chi connectivity index (χ2v) is 19.7. The van der Waals surface area contributed by atoms with E-state index in [1.54, 1.807) is 6.92 Å². The Morgan fingerprint density at radius 3 is 2.17 bits per heavy atom. The lowest BCUT2D eigenvalue weighted by Crippen LogP contribution is -2.25. The summed E-state index contributed by atoms with van der Waals surface area (Å²) in [5.74, 6) is 0.0327. The predicted molar refractivity (Wildman–Crippen MR) is 266 cm³/mol. The van der Waals surface area contributed by atoms with E-state index in [1.807, 2.05) is 31.2 Å². The fourth-order valence-electron chi connectivity index (χ4n) is 10.3. The van der Waals surface area contributed by atoms with Crippen LogP contribution in [0.5, 0.6) is 0 Å². The quantitative estimate of drug-likeness (QED) is 0.0874. The van der Waals surface area contributed by atoms with Gasteiger partial charge in [-0.15, -0.1) is 0 Å². The lowest BCUT2D eigenvalue weighted by atomic mass is 9.84. The number of aliphatic imine (C=N–C) groups is 3. The molecule has 8 bridgehead atoms. The van der Waals surface area contributed by atoms with Crippen LogP contribution in [0.3, 0.4) is 0 Å². The minimum atomic E-state index is -1.07. The standard InChI is InChI=1S/C56H76N4O5/c1-13-40-36(9)43-29-45-38(11)42(25-26-49(61)65-28-27-35(8)24-18-23-34(7)22-17-21-33(6)20-16-19-32(4)5)53(59-45)51-52(56(63)64-15-3)55(62)50-39(12)46(60-54(50)51)31-48-41(14-2)37(10)44(58-48)30-47(40)57-43/h13,27,29-34,38,42,52,59,62H,1,14-26,28H2,2-12H3/b35-27+,45-29?,47-30?,48-31?,53-51?/t33-,34-,38+,42+,52-/m1/s1. The third-order valence-corrected chi connectivity index (χ3v) is 14.4. The van der Waals surface area contributed by atoms with Crippen LogP contribution >= 0.6 is 0 Å². The number of esters is 2. The van der Waals surface area contributed by atoms with Crippen molar-refractivity contribution >= 4 is 29.1 Å². The normalized spacial score (nSPS) is 22.6. The number of carbonyl (C=O) groups is 2. The molecule has 5 atom stereocenters. The number of aliphatic hydroxyl groups is 1. The van der Waals surface area contributed by atoms with E-state index in [2.05, 4.69) is 80.3 Å². The maximum atomic E-state index is 13.9. The van der Waals surface area contributed by atoms with Gasteiger partial charge in [-0.05, 0) is 125 Å². The summed E-state index contributed by atoms with van der Waals surface area (Å²) in [6, 6.07) is 0. The lowest BCUT2D eigenvalue weighted by molar-refractivity contribution is -0.146. The van der Waals surface area contributed by atoms with Gasteiger partial charge in [0.2, 0.25) is 0 Å². The summed E-state index contributed by atoms with van der Waals surface area (Å²) in [6.07, 6.45) is 22.7. The van der Waals surface area contributed by atoms with Crippen LogP contribution in [-0.2, 0) is 19.1 Å². The molecule has 0 spiro atoms. The highest BCUT2D eigenvalue weighted by Gasteiger charge is 2.49. The highest BCUT2D eigenvalue weighted by atomic mass is 16.5. The number of ether oxygens (including phenoxy) is 2. The van der Waals surface area contributed by atoms with E-state index >= 15 is 0 Å². The molecule has 0 aromatic carbocycles. The summed E-state index contributed by atoms with van der Waals surface area (Å²) in [6.45, 7) is 28.2. The molecule has 65 heavy (non-hydrogen) atoms. The molecule has 0 radical (unpaired) electrons. The summed E-state index contributed by atoms with van der Waals surface area (Å²) in [4.78, 5) is 42.7. The molecule has 1 fully saturated rings. The number of hydrogen-bond donors (Lipinski definition) is 2. The molecule has 350 valence electrons. The highest BCUT2D eigenvalue weighted by Crippen LogP contribution is 2.49. The Morgan fingerprint density at radius 2 is 1.51 bits per heavy atom. The van der Waals surface area contributed by atoms with E-state index in [1.165, 1.54) is 50.5 Å². The zero-order valence-corrected chi connectivity index (χ0v) is 41.4. The Kier molecular flexibility index (Phi) is 16.7. The van der Waals surface area contributed by atoms with Crippen molar-refractivity contribution in [3.8, 4) is 0 Å². The number of nitrogens with zero attached hydrogens (tertiary/aromatic N) is 3. The van der Waals surface area contributed by atoms with Gasteiger partial charge in [-0.25, -0.2) is 15.0 Å². The second-order valence-electron chi connectivity index (χ2n) is 19.7. The number of allylic oxidation sites excluding steroid dienone is 12. The smallest absolute Gasteiger partial charge is 0.321 e. The van der Waals surface area contributed by atoms with Crippen LogP contribution in [0.15, 0.2) is 131 Å². The Labute approximate surface area is 389 Å². The minimum absolute atomic E-state index is 0.0731. The highest BCUT2D eigenvalue weighted by molar-refractivity contribution is 6.24. The average Bonchev–Trinajstić information content (AvgIpc) is 4.00. The Bertz CT molecular complexity index is 2310. The van der Waals surface area contributed by atoms with Gasteiger partial charge < -0.3 is 19.9 Å². The Balaban J connectivity index is 1.21. The minimum Gasteiger partial charge on any atom is -0.510 e. The first-order valence-electron chi connectivity index (χ1n) is 24.7. The average molecular weight is 885 g/mol. The third kappa shape index (κ3) is 11.1. The number of carbonyl (C=O) groups excluding carboxylic acids is 2. The third-order valence-electron chi connectivity index (χ3n) is 14.4. The van der Waals surface area contributed by atoms with Gasteiger partial charge in [0.25, 0.3) is 0 Å². The van der Waals surface area contributed by atoms with Gasteiger partial charge in [0.1, 0.15) is 18.3 Å². The van der Waals surface area contributed by atoms with Crippen LogP contribution in [0, 0.1) is 35.5 Å². The van der Waals surface area contributed by atoms with Crippen LogP contribution in [0.25, 0.3) is 0 Å². The van der Waals surface area contributed by atoms with E-state index in [9.17, 15) is 14.7 Å². The zero-order valence-electron chi connectivity index (χ0n) is 41.4. The predicted octanol–water partition coefficient (Wildman–Crippen LogP) is 13.3. The number of hydrogen-bond acceptors (Lipinski definition) is 9. The molecule has 0 aromatic rings.